The third-order valence-electron chi connectivity index (χ3n) is 9.25. The van der Waals surface area contributed by atoms with Crippen LogP contribution in [-0.2, 0) is 10.8 Å². The minimum absolute atomic E-state index is 0.0115. The van der Waals surface area contributed by atoms with Crippen molar-refractivity contribution in [2.24, 2.45) is 0 Å². The normalized spacial score (nSPS) is 16.2. The van der Waals surface area contributed by atoms with E-state index in [0.29, 0.717) is 11.8 Å². The Labute approximate surface area is 229 Å². The highest BCUT2D eigenvalue weighted by atomic mass is 14.4. The van der Waals surface area contributed by atoms with Gasteiger partial charge in [-0.1, -0.05) is 140 Å². The van der Waals surface area contributed by atoms with Gasteiger partial charge in [0.1, 0.15) is 0 Å². The quantitative estimate of drug-likeness (QED) is 0.246. The highest BCUT2D eigenvalue weighted by Crippen LogP contribution is 2.51. The van der Waals surface area contributed by atoms with Gasteiger partial charge < -0.3 is 0 Å². The van der Waals surface area contributed by atoms with Crippen LogP contribution in [0.2, 0.25) is 0 Å². The molecule has 0 heterocycles. The first-order valence-electron chi connectivity index (χ1n) is 14.2. The molecule has 0 heteroatoms. The number of hydrogen-bond acceptors (Lipinski definition) is 0. The van der Waals surface area contributed by atoms with Crippen LogP contribution in [0.15, 0.2) is 72.8 Å². The van der Waals surface area contributed by atoms with Gasteiger partial charge in [0.15, 0.2) is 0 Å². The predicted octanol–water partition coefficient (Wildman–Crippen LogP) is 10.7. The maximum atomic E-state index is 2.43. The summed E-state index contributed by atoms with van der Waals surface area (Å²) in [6, 6.07) is 28.2. The molecule has 0 saturated heterocycles. The maximum Gasteiger partial charge on any atom is 0.0159 e. The summed E-state index contributed by atoms with van der Waals surface area (Å²) in [5.74, 6) is 1.08. The Kier molecular flexibility index (Phi) is 5.62. The van der Waals surface area contributed by atoms with E-state index in [9.17, 15) is 0 Å². The van der Waals surface area contributed by atoms with E-state index in [0.717, 1.165) is 0 Å². The van der Waals surface area contributed by atoms with E-state index < -0.39 is 0 Å². The third kappa shape index (κ3) is 3.72. The summed E-state index contributed by atoms with van der Waals surface area (Å²) in [4.78, 5) is 0. The van der Waals surface area contributed by atoms with Crippen LogP contribution >= 0.6 is 0 Å². The molecule has 0 spiro atoms. The number of rotatable bonds is 4. The van der Waals surface area contributed by atoms with Gasteiger partial charge in [-0.15, -0.1) is 0 Å². The maximum absolute atomic E-state index is 2.43. The van der Waals surface area contributed by atoms with Gasteiger partial charge in [0.05, 0.1) is 0 Å². The number of benzene rings is 4. The number of fused-ring (bicyclic) bond motifs is 6. The van der Waals surface area contributed by atoms with Crippen LogP contribution in [0.1, 0.15) is 112 Å². The zero-order chi connectivity index (χ0) is 27.0. The zero-order valence-corrected chi connectivity index (χ0v) is 24.2. The van der Waals surface area contributed by atoms with Crippen LogP contribution in [0, 0.1) is 0 Å². The molecule has 0 saturated carbocycles. The van der Waals surface area contributed by atoms with Crippen molar-refractivity contribution >= 4 is 12.2 Å². The first-order valence-corrected chi connectivity index (χ1v) is 14.2. The zero-order valence-electron chi connectivity index (χ0n) is 24.2. The van der Waals surface area contributed by atoms with Gasteiger partial charge in [0.25, 0.3) is 0 Å². The predicted molar refractivity (Wildman–Crippen MR) is 165 cm³/mol. The van der Waals surface area contributed by atoms with E-state index in [1.54, 1.807) is 0 Å². The molecule has 0 amide bonds. The molecule has 0 fully saturated rings. The summed E-state index contributed by atoms with van der Waals surface area (Å²) < 4.78 is 0. The molecule has 192 valence electrons. The smallest absolute Gasteiger partial charge is 0.0159 e. The van der Waals surface area contributed by atoms with Crippen molar-refractivity contribution in [2.45, 2.75) is 78.1 Å². The van der Waals surface area contributed by atoms with Gasteiger partial charge in [-0.2, -0.15) is 0 Å². The van der Waals surface area contributed by atoms with Crippen molar-refractivity contribution in [3.8, 4) is 22.3 Å². The summed E-state index contributed by atoms with van der Waals surface area (Å²) in [5.41, 5.74) is 16.7. The molecule has 0 unspecified atom stereocenters. The summed E-state index contributed by atoms with van der Waals surface area (Å²) in [5, 5.41) is 0. The molecule has 2 aliphatic carbocycles. The van der Waals surface area contributed by atoms with Gasteiger partial charge in [-0.3, -0.25) is 0 Å². The van der Waals surface area contributed by atoms with Crippen LogP contribution in [0.4, 0.5) is 0 Å². The van der Waals surface area contributed by atoms with Crippen molar-refractivity contribution in [1.29, 1.82) is 0 Å². The lowest BCUT2D eigenvalue weighted by Gasteiger charge is -2.23. The molecule has 6 rings (SSSR count). The average molecular weight is 497 g/mol. The van der Waals surface area contributed by atoms with E-state index in [2.05, 4.69) is 140 Å². The van der Waals surface area contributed by atoms with Crippen LogP contribution < -0.4 is 0 Å². The fourth-order valence-electron chi connectivity index (χ4n) is 6.66. The lowest BCUT2D eigenvalue weighted by atomic mass is 9.80. The van der Waals surface area contributed by atoms with Gasteiger partial charge in [-0.05, 0) is 78.6 Å². The average Bonchev–Trinajstić information content (AvgIpc) is 3.26. The van der Waals surface area contributed by atoms with Gasteiger partial charge in [0.2, 0.25) is 0 Å². The molecule has 38 heavy (non-hydrogen) atoms. The van der Waals surface area contributed by atoms with Crippen molar-refractivity contribution in [2.75, 3.05) is 0 Å². The molecule has 0 bridgehead atoms. The minimum Gasteiger partial charge on any atom is -0.0587 e. The Morgan fingerprint density at radius 3 is 1.11 bits per heavy atom. The summed E-state index contributed by atoms with van der Waals surface area (Å²) in [6.45, 7) is 18.6. The van der Waals surface area contributed by atoms with E-state index in [1.807, 2.05) is 0 Å². The standard InChI is InChI=1S/C38H40/c1-23(2)27-13-17-31-29-15-11-25(19-33(29)37(5,6)35(31)21-27)9-10-26-12-16-30-32-18-14-28(24(3)4)22-36(32)38(7,8)34(30)20-26/h9-24H,1-8H3. The molecular weight excluding hydrogens is 456 g/mol. The lowest BCUT2D eigenvalue weighted by molar-refractivity contribution is 0.657. The Morgan fingerprint density at radius 1 is 0.447 bits per heavy atom. The molecule has 0 N–H and O–H groups in total. The van der Waals surface area contributed by atoms with Crippen LogP contribution in [-0.4, -0.2) is 0 Å². The summed E-state index contributed by atoms with van der Waals surface area (Å²) >= 11 is 0. The molecule has 0 aromatic heterocycles. The Balaban J connectivity index is 1.32. The van der Waals surface area contributed by atoms with Crippen LogP contribution in [0.5, 0.6) is 0 Å². The Bertz CT molecular complexity index is 1480. The molecule has 0 atom stereocenters. The van der Waals surface area contributed by atoms with E-state index in [4.69, 9.17) is 0 Å². The largest absolute Gasteiger partial charge is 0.0587 e. The van der Waals surface area contributed by atoms with Crippen molar-refractivity contribution in [3.05, 3.63) is 117 Å². The second-order valence-electron chi connectivity index (χ2n) is 13.1. The van der Waals surface area contributed by atoms with Crippen molar-refractivity contribution in [1.82, 2.24) is 0 Å². The van der Waals surface area contributed by atoms with Crippen LogP contribution in [0.3, 0.4) is 0 Å². The van der Waals surface area contributed by atoms with Gasteiger partial charge in [0, 0.05) is 10.8 Å². The second-order valence-corrected chi connectivity index (χ2v) is 13.1. The van der Waals surface area contributed by atoms with Gasteiger partial charge in [-0.25, -0.2) is 0 Å². The SMILES string of the molecule is CC(C)c1ccc2c(c1)C(C)(C)c1cc(C=Cc3ccc4c(c3)C(C)(C)c3cc(C(C)C)ccc3-4)ccc1-2. The lowest BCUT2D eigenvalue weighted by Crippen LogP contribution is -2.15. The topological polar surface area (TPSA) is 0 Å². The fourth-order valence-corrected chi connectivity index (χ4v) is 6.66. The summed E-state index contributed by atoms with van der Waals surface area (Å²) in [6.07, 6.45) is 4.57. The molecule has 2 aliphatic rings. The first-order chi connectivity index (χ1) is 18.0. The molecule has 0 aliphatic heterocycles. The molecular formula is C38H40. The fraction of sp³-hybridized carbons (Fsp3) is 0.316. The molecule has 0 radical (unpaired) electrons. The Morgan fingerprint density at radius 2 is 0.763 bits per heavy atom. The molecule has 4 aromatic rings. The Hall–Kier alpha value is -3.38. The molecule has 0 nitrogen and oxygen atoms in total. The second kappa shape index (κ2) is 8.57. The third-order valence-corrected chi connectivity index (χ3v) is 9.25. The minimum atomic E-state index is 0.0115. The number of hydrogen-bond donors (Lipinski definition) is 0. The van der Waals surface area contributed by atoms with E-state index in [-0.39, 0.29) is 10.8 Å². The van der Waals surface area contributed by atoms with Crippen LogP contribution in [0.25, 0.3) is 34.4 Å². The van der Waals surface area contributed by atoms with Crippen molar-refractivity contribution < 1.29 is 0 Å². The molecule has 4 aromatic carbocycles. The van der Waals surface area contributed by atoms with E-state index in [1.165, 1.54) is 66.8 Å². The van der Waals surface area contributed by atoms with Gasteiger partial charge >= 0.3 is 0 Å². The highest BCUT2D eigenvalue weighted by Gasteiger charge is 2.37. The van der Waals surface area contributed by atoms with E-state index >= 15 is 0 Å². The summed E-state index contributed by atoms with van der Waals surface area (Å²) in [7, 11) is 0. The monoisotopic (exact) mass is 496 g/mol. The highest BCUT2D eigenvalue weighted by molar-refractivity contribution is 5.85. The van der Waals surface area contributed by atoms with Crippen molar-refractivity contribution in [3.63, 3.8) is 0 Å². The first kappa shape index (κ1) is 24.9.